The zero-order valence-corrected chi connectivity index (χ0v) is 16.6. The SMILES string of the molecule is COc1ccc(OC(=O)N2CCC(CC#Cc3nc(N)c4nc[nH]c4n3)CC2)cc1. The van der Waals surface area contributed by atoms with Gasteiger partial charge in [0.05, 0.1) is 13.4 Å². The number of fused-ring (bicyclic) bond motifs is 1. The summed E-state index contributed by atoms with van der Waals surface area (Å²) in [4.78, 5) is 29.5. The molecule has 3 aromatic rings. The van der Waals surface area contributed by atoms with Crippen LogP contribution in [0.3, 0.4) is 0 Å². The van der Waals surface area contributed by atoms with E-state index in [0.717, 1.165) is 12.8 Å². The van der Waals surface area contributed by atoms with Crippen LogP contribution in [0.5, 0.6) is 11.5 Å². The molecule has 0 bridgehead atoms. The number of methoxy groups -OCH3 is 1. The molecule has 0 spiro atoms. The largest absolute Gasteiger partial charge is 0.497 e. The Morgan fingerprint density at radius 3 is 2.70 bits per heavy atom. The fourth-order valence-electron chi connectivity index (χ4n) is 3.32. The Morgan fingerprint density at radius 1 is 1.23 bits per heavy atom. The fraction of sp³-hybridized carbons (Fsp3) is 0.333. The van der Waals surface area contributed by atoms with Crippen LogP contribution in [0.4, 0.5) is 10.6 Å². The average Bonchev–Trinajstić information content (AvgIpc) is 3.24. The Hall–Kier alpha value is -3.80. The molecule has 154 valence electrons. The van der Waals surface area contributed by atoms with Gasteiger partial charge >= 0.3 is 6.09 Å². The number of imidazole rings is 1. The number of anilines is 1. The standard InChI is InChI=1S/C21H22N6O3/c1-29-15-5-7-16(8-6-15)30-21(28)27-11-9-14(10-12-27)3-2-4-17-25-19(22)18-20(26-17)24-13-23-18/h5-8,13-14H,3,9-12H2,1H3,(H3,22,23,24,25,26). The van der Waals surface area contributed by atoms with Crippen molar-refractivity contribution in [2.45, 2.75) is 19.3 Å². The second-order valence-electron chi connectivity index (χ2n) is 7.01. The van der Waals surface area contributed by atoms with Gasteiger partial charge in [-0.05, 0) is 48.9 Å². The third kappa shape index (κ3) is 4.43. The Kier molecular flexibility index (Phi) is 5.66. The van der Waals surface area contributed by atoms with Crippen LogP contribution in [0.2, 0.25) is 0 Å². The van der Waals surface area contributed by atoms with Gasteiger partial charge in [0.1, 0.15) is 17.0 Å². The summed E-state index contributed by atoms with van der Waals surface area (Å²) in [5, 5.41) is 0. The van der Waals surface area contributed by atoms with E-state index in [-0.39, 0.29) is 6.09 Å². The Morgan fingerprint density at radius 2 is 1.97 bits per heavy atom. The number of carbonyl (C=O) groups excluding carboxylic acids is 1. The molecule has 1 saturated heterocycles. The van der Waals surface area contributed by atoms with Crippen LogP contribution in [0, 0.1) is 17.8 Å². The number of nitrogen functional groups attached to an aromatic ring is 1. The van der Waals surface area contributed by atoms with Crippen LogP contribution in [-0.4, -0.2) is 51.1 Å². The zero-order valence-electron chi connectivity index (χ0n) is 16.6. The van der Waals surface area contributed by atoms with E-state index in [9.17, 15) is 4.79 Å². The fourth-order valence-corrected chi connectivity index (χ4v) is 3.32. The summed E-state index contributed by atoms with van der Waals surface area (Å²) in [6, 6.07) is 6.95. The molecule has 1 aliphatic heterocycles. The van der Waals surface area contributed by atoms with E-state index in [4.69, 9.17) is 15.2 Å². The van der Waals surface area contributed by atoms with Crippen LogP contribution in [0.1, 0.15) is 25.1 Å². The van der Waals surface area contributed by atoms with Crippen LogP contribution < -0.4 is 15.2 Å². The van der Waals surface area contributed by atoms with E-state index in [1.165, 1.54) is 6.33 Å². The Bertz CT molecular complexity index is 1090. The van der Waals surface area contributed by atoms with E-state index < -0.39 is 0 Å². The number of nitrogens with zero attached hydrogens (tertiary/aromatic N) is 4. The van der Waals surface area contributed by atoms with Gasteiger partial charge in [0.15, 0.2) is 11.5 Å². The molecule has 2 aromatic heterocycles. The number of nitrogens with one attached hydrogen (secondary N) is 1. The Balaban J connectivity index is 1.27. The molecule has 1 fully saturated rings. The van der Waals surface area contributed by atoms with Gasteiger partial charge in [-0.25, -0.2) is 19.7 Å². The molecule has 0 radical (unpaired) electrons. The molecule has 1 aromatic carbocycles. The van der Waals surface area contributed by atoms with Gasteiger partial charge in [-0.2, -0.15) is 0 Å². The second-order valence-corrected chi connectivity index (χ2v) is 7.01. The van der Waals surface area contributed by atoms with Crippen molar-refractivity contribution in [1.29, 1.82) is 0 Å². The maximum Gasteiger partial charge on any atom is 0.415 e. The highest BCUT2D eigenvalue weighted by atomic mass is 16.6. The van der Waals surface area contributed by atoms with E-state index in [0.29, 0.717) is 59.7 Å². The smallest absolute Gasteiger partial charge is 0.415 e. The predicted molar refractivity (Wildman–Crippen MR) is 111 cm³/mol. The summed E-state index contributed by atoms with van der Waals surface area (Å²) in [7, 11) is 1.59. The highest BCUT2D eigenvalue weighted by Crippen LogP contribution is 2.22. The Labute approximate surface area is 173 Å². The number of likely N-dealkylation sites (tertiary alicyclic amines) is 1. The summed E-state index contributed by atoms with van der Waals surface area (Å²) in [5.74, 6) is 8.44. The molecular formula is C21H22N6O3. The lowest BCUT2D eigenvalue weighted by molar-refractivity contribution is 0.131. The first-order valence-corrected chi connectivity index (χ1v) is 9.68. The van der Waals surface area contributed by atoms with E-state index >= 15 is 0 Å². The van der Waals surface area contributed by atoms with Gasteiger partial charge in [-0.3, -0.25) is 0 Å². The number of rotatable bonds is 3. The third-order valence-corrected chi connectivity index (χ3v) is 5.03. The van der Waals surface area contributed by atoms with Crippen LogP contribution >= 0.6 is 0 Å². The van der Waals surface area contributed by atoms with Crippen molar-refractivity contribution in [3.05, 3.63) is 36.4 Å². The highest BCUT2D eigenvalue weighted by Gasteiger charge is 2.23. The molecule has 30 heavy (non-hydrogen) atoms. The number of aromatic amines is 1. The zero-order chi connectivity index (χ0) is 20.9. The molecule has 0 aliphatic carbocycles. The number of nitrogens with two attached hydrogens (primary N) is 1. The number of carbonyl (C=O) groups is 1. The minimum atomic E-state index is -0.332. The number of benzene rings is 1. The summed E-state index contributed by atoms with van der Waals surface area (Å²) in [6.45, 7) is 1.29. The van der Waals surface area contributed by atoms with Gasteiger partial charge in [0.25, 0.3) is 0 Å². The number of aromatic nitrogens is 4. The molecule has 9 heteroatoms. The first-order chi connectivity index (χ1) is 14.6. The van der Waals surface area contributed by atoms with Crippen molar-refractivity contribution in [3.63, 3.8) is 0 Å². The summed E-state index contributed by atoms with van der Waals surface area (Å²) >= 11 is 0. The van der Waals surface area contributed by atoms with Crippen LogP contribution in [0.15, 0.2) is 30.6 Å². The number of ether oxygens (including phenoxy) is 2. The molecule has 3 heterocycles. The molecule has 4 rings (SSSR count). The van der Waals surface area contributed by atoms with Crippen LogP contribution in [0.25, 0.3) is 11.2 Å². The maximum absolute atomic E-state index is 12.4. The van der Waals surface area contributed by atoms with Crippen molar-refractivity contribution in [1.82, 2.24) is 24.8 Å². The predicted octanol–water partition coefficient (Wildman–Crippen LogP) is 2.60. The average molecular weight is 406 g/mol. The van der Waals surface area contributed by atoms with Gasteiger partial charge in [0.2, 0.25) is 5.82 Å². The summed E-state index contributed by atoms with van der Waals surface area (Å²) < 4.78 is 10.5. The number of hydrogen-bond donors (Lipinski definition) is 2. The molecule has 1 amide bonds. The van der Waals surface area contributed by atoms with Crippen molar-refractivity contribution in [3.8, 4) is 23.3 Å². The molecule has 3 N–H and O–H groups in total. The first kappa shape index (κ1) is 19.5. The van der Waals surface area contributed by atoms with Crippen molar-refractivity contribution in [2.24, 2.45) is 5.92 Å². The third-order valence-electron chi connectivity index (χ3n) is 5.03. The highest BCUT2D eigenvalue weighted by molar-refractivity contribution is 5.81. The summed E-state index contributed by atoms with van der Waals surface area (Å²) in [6.07, 6.45) is 3.65. The van der Waals surface area contributed by atoms with Gasteiger partial charge in [-0.1, -0.05) is 5.92 Å². The molecule has 1 aliphatic rings. The molecule has 0 atom stereocenters. The minimum absolute atomic E-state index is 0.314. The first-order valence-electron chi connectivity index (χ1n) is 9.68. The van der Waals surface area contributed by atoms with Gasteiger partial charge in [0, 0.05) is 19.5 Å². The van der Waals surface area contributed by atoms with Crippen molar-refractivity contribution in [2.75, 3.05) is 25.9 Å². The van der Waals surface area contributed by atoms with E-state index in [2.05, 4.69) is 31.8 Å². The van der Waals surface area contributed by atoms with E-state index in [1.54, 1.807) is 36.3 Å². The topological polar surface area (TPSA) is 119 Å². The maximum atomic E-state index is 12.4. The summed E-state index contributed by atoms with van der Waals surface area (Å²) in [5.41, 5.74) is 7.00. The molecule has 0 saturated carbocycles. The number of H-pyrrole nitrogens is 1. The molecule has 9 nitrogen and oxygen atoms in total. The number of piperidine rings is 1. The molecular weight excluding hydrogens is 384 g/mol. The van der Waals surface area contributed by atoms with Gasteiger partial charge in [-0.15, -0.1) is 0 Å². The molecule has 0 unspecified atom stereocenters. The van der Waals surface area contributed by atoms with Crippen LogP contribution in [-0.2, 0) is 0 Å². The minimum Gasteiger partial charge on any atom is -0.497 e. The van der Waals surface area contributed by atoms with Gasteiger partial charge < -0.3 is 25.1 Å². The monoisotopic (exact) mass is 406 g/mol. The van der Waals surface area contributed by atoms with Crippen molar-refractivity contribution < 1.29 is 14.3 Å². The van der Waals surface area contributed by atoms with E-state index in [1.807, 2.05) is 0 Å². The van der Waals surface area contributed by atoms with Crippen molar-refractivity contribution >= 4 is 23.1 Å². The number of hydrogen-bond acceptors (Lipinski definition) is 7. The quantitative estimate of drug-likeness (QED) is 0.642. The second kappa shape index (κ2) is 8.69. The number of amides is 1. The lowest BCUT2D eigenvalue weighted by Crippen LogP contribution is -2.40. The lowest BCUT2D eigenvalue weighted by atomic mass is 9.94. The normalized spacial score (nSPS) is 14.2. The lowest BCUT2D eigenvalue weighted by Gasteiger charge is -2.30.